The summed E-state index contributed by atoms with van der Waals surface area (Å²) < 4.78 is 5.73. The SMILES string of the molecule is COc1ccc(Cn2nnc(I)n2)cc1.Nc1nn[nH]n1. The normalized spacial score (nSPS) is 9.81. The standard InChI is InChI=1S/C9H9IN4O.CH3N5/c1-15-8-4-2-7(3-5-8)6-14-12-9(10)11-13-14;2-1-3-5-6-4-1/h2-5H,6H2,1H3;(H3,2,3,4,5,6). The van der Waals surface area contributed by atoms with Gasteiger partial charge in [-0.25, -0.2) is 0 Å². The van der Waals surface area contributed by atoms with E-state index in [0.29, 0.717) is 10.4 Å². The molecular formula is C10H12IN9O. The van der Waals surface area contributed by atoms with Gasteiger partial charge in [0.2, 0.25) is 3.83 Å². The van der Waals surface area contributed by atoms with Crippen LogP contribution in [-0.4, -0.2) is 47.9 Å². The Hall–Kier alpha value is -2.31. The summed E-state index contributed by atoms with van der Waals surface area (Å²) in [5.41, 5.74) is 6.08. The molecule has 0 bridgehead atoms. The van der Waals surface area contributed by atoms with E-state index >= 15 is 0 Å². The lowest BCUT2D eigenvalue weighted by molar-refractivity contribution is 0.414. The summed E-state index contributed by atoms with van der Waals surface area (Å²) in [6.45, 7) is 0.625. The smallest absolute Gasteiger partial charge is 0.260 e. The van der Waals surface area contributed by atoms with Crippen molar-refractivity contribution in [2.24, 2.45) is 0 Å². The average molecular weight is 401 g/mol. The van der Waals surface area contributed by atoms with Gasteiger partial charge < -0.3 is 10.5 Å². The van der Waals surface area contributed by atoms with Crippen molar-refractivity contribution in [3.8, 4) is 5.75 Å². The molecule has 3 rings (SSSR count). The monoisotopic (exact) mass is 401 g/mol. The van der Waals surface area contributed by atoms with E-state index in [1.54, 1.807) is 11.9 Å². The van der Waals surface area contributed by atoms with Crippen molar-refractivity contribution >= 4 is 28.5 Å². The molecule has 0 fully saturated rings. The molecule has 110 valence electrons. The summed E-state index contributed by atoms with van der Waals surface area (Å²) in [6.07, 6.45) is 0. The minimum atomic E-state index is 0.176. The van der Waals surface area contributed by atoms with Crippen LogP contribution >= 0.6 is 22.6 Å². The Morgan fingerprint density at radius 2 is 2.05 bits per heavy atom. The molecule has 0 radical (unpaired) electrons. The van der Waals surface area contributed by atoms with Crippen molar-refractivity contribution in [2.75, 3.05) is 12.8 Å². The van der Waals surface area contributed by atoms with E-state index in [-0.39, 0.29) is 5.95 Å². The summed E-state index contributed by atoms with van der Waals surface area (Å²) in [5, 5.41) is 23.8. The number of hydrogen-bond donors (Lipinski definition) is 2. The molecule has 0 saturated heterocycles. The Morgan fingerprint density at radius 1 is 1.29 bits per heavy atom. The predicted octanol–water partition coefficient (Wildman–Crippen LogP) is 0.116. The highest BCUT2D eigenvalue weighted by molar-refractivity contribution is 14.1. The molecule has 0 saturated carbocycles. The number of aromatic amines is 1. The first kappa shape index (κ1) is 15.1. The summed E-state index contributed by atoms with van der Waals surface area (Å²) in [6, 6.07) is 7.79. The van der Waals surface area contributed by atoms with Gasteiger partial charge in [-0.2, -0.15) is 10.0 Å². The Balaban J connectivity index is 0.000000225. The molecule has 0 atom stereocenters. The largest absolute Gasteiger partial charge is 0.497 e. The third-order valence-electron chi connectivity index (χ3n) is 2.27. The zero-order valence-electron chi connectivity index (χ0n) is 11.0. The first-order chi connectivity index (χ1) is 10.2. The van der Waals surface area contributed by atoms with Crippen LogP contribution < -0.4 is 10.5 Å². The molecule has 10 nitrogen and oxygen atoms in total. The molecule has 11 heteroatoms. The molecule has 1 aromatic carbocycles. The first-order valence-corrected chi connectivity index (χ1v) is 6.80. The summed E-state index contributed by atoms with van der Waals surface area (Å²) in [7, 11) is 1.65. The van der Waals surface area contributed by atoms with E-state index in [9.17, 15) is 0 Å². The van der Waals surface area contributed by atoms with Gasteiger partial charge in [0.25, 0.3) is 5.95 Å². The quantitative estimate of drug-likeness (QED) is 0.591. The van der Waals surface area contributed by atoms with E-state index in [2.05, 4.69) is 36.0 Å². The van der Waals surface area contributed by atoms with E-state index in [0.717, 1.165) is 11.3 Å². The molecule has 0 aliphatic heterocycles. The van der Waals surface area contributed by atoms with Crippen molar-refractivity contribution in [1.29, 1.82) is 0 Å². The Morgan fingerprint density at radius 3 is 2.48 bits per heavy atom. The molecule has 0 aliphatic carbocycles. The van der Waals surface area contributed by atoms with Crippen molar-refractivity contribution in [3.63, 3.8) is 0 Å². The minimum Gasteiger partial charge on any atom is -0.497 e. The molecular weight excluding hydrogens is 389 g/mol. The number of nitrogens with one attached hydrogen (secondary N) is 1. The third kappa shape index (κ3) is 4.94. The summed E-state index contributed by atoms with van der Waals surface area (Å²) in [4.78, 5) is 1.56. The fourth-order valence-corrected chi connectivity index (χ4v) is 1.70. The molecule has 2 heterocycles. The zero-order valence-corrected chi connectivity index (χ0v) is 13.2. The van der Waals surface area contributed by atoms with Crippen molar-refractivity contribution in [1.82, 2.24) is 40.8 Å². The van der Waals surface area contributed by atoms with Gasteiger partial charge in [-0.15, -0.1) is 15.3 Å². The summed E-state index contributed by atoms with van der Waals surface area (Å²) in [5.74, 6) is 1.02. The number of nitrogens with zero attached hydrogens (tertiary/aromatic N) is 7. The number of nitrogen functional groups attached to an aromatic ring is 1. The lowest BCUT2D eigenvalue weighted by atomic mass is 10.2. The van der Waals surface area contributed by atoms with Crippen LogP contribution in [0.2, 0.25) is 0 Å². The highest BCUT2D eigenvalue weighted by Crippen LogP contribution is 2.11. The second-order valence-electron chi connectivity index (χ2n) is 3.71. The Labute approximate surface area is 133 Å². The van der Waals surface area contributed by atoms with E-state index < -0.39 is 0 Å². The van der Waals surface area contributed by atoms with Crippen LogP contribution in [0.4, 0.5) is 5.95 Å². The van der Waals surface area contributed by atoms with Crippen molar-refractivity contribution in [2.45, 2.75) is 6.54 Å². The number of halogens is 1. The fraction of sp³-hybridized carbons (Fsp3) is 0.200. The van der Waals surface area contributed by atoms with Crippen LogP contribution in [0.5, 0.6) is 5.75 Å². The van der Waals surface area contributed by atoms with E-state index in [1.807, 2.05) is 46.9 Å². The molecule has 0 aliphatic rings. The molecule has 0 spiro atoms. The van der Waals surface area contributed by atoms with Gasteiger partial charge in [0.15, 0.2) is 0 Å². The highest BCUT2D eigenvalue weighted by atomic mass is 127. The van der Waals surface area contributed by atoms with Gasteiger partial charge in [-0.05, 0) is 28.1 Å². The first-order valence-electron chi connectivity index (χ1n) is 5.72. The van der Waals surface area contributed by atoms with Gasteiger partial charge in [0.05, 0.1) is 13.7 Å². The molecule has 21 heavy (non-hydrogen) atoms. The molecule has 3 N–H and O–H groups in total. The van der Waals surface area contributed by atoms with Crippen molar-refractivity contribution in [3.05, 3.63) is 33.7 Å². The number of benzene rings is 1. The Kier molecular flexibility index (Phi) is 5.36. The van der Waals surface area contributed by atoms with Crippen LogP contribution in [0.15, 0.2) is 24.3 Å². The summed E-state index contributed by atoms with van der Waals surface area (Å²) >= 11 is 2.03. The second kappa shape index (κ2) is 7.47. The number of aromatic nitrogens is 8. The molecule has 3 aromatic rings. The minimum absolute atomic E-state index is 0.176. The van der Waals surface area contributed by atoms with Gasteiger partial charge in [0.1, 0.15) is 5.75 Å². The van der Waals surface area contributed by atoms with Crippen LogP contribution in [0.25, 0.3) is 0 Å². The van der Waals surface area contributed by atoms with Gasteiger partial charge in [-0.1, -0.05) is 17.2 Å². The number of rotatable bonds is 3. The number of nitrogens with two attached hydrogens (primary N) is 1. The van der Waals surface area contributed by atoms with Crippen LogP contribution in [-0.2, 0) is 6.54 Å². The number of H-pyrrole nitrogens is 1. The van der Waals surface area contributed by atoms with Gasteiger partial charge in [-0.3, -0.25) is 0 Å². The van der Waals surface area contributed by atoms with Crippen LogP contribution in [0.3, 0.4) is 0 Å². The third-order valence-corrected chi connectivity index (χ3v) is 2.70. The topological polar surface area (TPSA) is 133 Å². The Bertz CT molecular complexity index is 651. The van der Waals surface area contributed by atoms with E-state index in [4.69, 9.17) is 10.5 Å². The number of hydrogen-bond acceptors (Lipinski definition) is 8. The van der Waals surface area contributed by atoms with Crippen LogP contribution in [0, 0.1) is 3.83 Å². The van der Waals surface area contributed by atoms with E-state index in [1.165, 1.54) is 0 Å². The average Bonchev–Trinajstić information content (AvgIpc) is 3.12. The number of tetrazole rings is 2. The van der Waals surface area contributed by atoms with Crippen LogP contribution in [0.1, 0.15) is 5.56 Å². The predicted molar refractivity (Wildman–Crippen MR) is 81.2 cm³/mol. The maximum atomic E-state index is 5.07. The zero-order chi connectivity index (χ0) is 15.1. The maximum absolute atomic E-state index is 5.07. The van der Waals surface area contributed by atoms with Gasteiger partial charge in [0, 0.05) is 22.6 Å². The maximum Gasteiger partial charge on any atom is 0.260 e. The number of anilines is 1. The van der Waals surface area contributed by atoms with Crippen molar-refractivity contribution < 1.29 is 4.74 Å². The lowest BCUT2D eigenvalue weighted by Gasteiger charge is -2.01. The molecule has 2 aromatic heterocycles. The lowest BCUT2D eigenvalue weighted by Crippen LogP contribution is -2.03. The van der Waals surface area contributed by atoms with Gasteiger partial charge >= 0.3 is 0 Å². The number of ether oxygens (including phenoxy) is 1. The molecule has 0 unspecified atom stereocenters. The second-order valence-corrected chi connectivity index (χ2v) is 4.67. The fourth-order valence-electron chi connectivity index (χ4n) is 1.35. The number of methoxy groups -OCH3 is 1. The molecule has 0 amide bonds. The highest BCUT2D eigenvalue weighted by Gasteiger charge is 2.00.